The zero-order chi connectivity index (χ0) is 13.4. The van der Waals surface area contributed by atoms with Crippen LogP contribution in [0, 0.1) is 6.92 Å². The topological polar surface area (TPSA) is 29.3 Å². The molecule has 0 aromatic carbocycles. The van der Waals surface area contributed by atoms with Crippen LogP contribution in [0.2, 0.25) is 0 Å². The Bertz CT molecular complexity index is 314. The Morgan fingerprint density at radius 3 is 2.22 bits per heavy atom. The Balaban J connectivity index is 2.75. The molecule has 0 saturated carbocycles. The number of unbranched alkanes of at least 4 members (excludes halogenated alkanes) is 2. The summed E-state index contributed by atoms with van der Waals surface area (Å²) < 4.78 is 0. The highest BCUT2D eigenvalue weighted by Crippen LogP contribution is 2.28. The molecule has 3 heteroatoms. The number of nitrogens with zero attached hydrogens (tertiary/aromatic N) is 1. The van der Waals surface area contributed by atoms with Gasteiger partial charge < -0.3 is 5.73 Å². The molecule has 2 N–H and O–H groups in total. The number of nitrogens with two attached hydrogens (primary N) is 1. The first-order valence-electron chi connectivity index (χ1n) is 7.22. The zero-order valence-corrected chi connectivity index (χ0v) is 12.9. The minimum absolute atomic E-state index is 0.420. The molecule has 104 valence electrons. The second-order valence-electron chi connectivity index (χ2n) is 4.96. The van der Waals surface area contributed by atoms with E-state index in [9.17, 15) is 0 Å². The van der Waals surface area contributed by atoms with Gasteiger partial charge in [0.25, 0.3) is 0 Å². The van der Waals surface area contributed by atoms with E-state index in [4.69, 9.17) is 5.73 Å². The van der Waals surface area contributed by atoms with Gasteiger partial charge in [0, 0.05) is 11.4 Å². The fourth-order valence-electron chi connectivity index (χ4n) is 2.29. The molecule has 1 rings (SSSR count). The maximum atomic E-state index is 6.04. The molecule has 1 heterocycles. The van der Waals surface area contributed by atoms with Crippen molar-refractivity contribution in [3.05, 3.63) is 21.9 Å². The first-order valence-corrected chi connectivity index (χ1v) is 8.10. The van der Waals surface area contributed by atoms with Crippen molar-refractivity contribution in [1.29, 1.82) is 0 Å². The van der Waals surface area contributed by atoms with Crippen molar-refractivity contribution in [3.8, 4) is 0 Å². The van der Waals surface area contributed by atoms with Crippen LogP contribution in [-0.2, 0) is 0 Å². The molecule has 0 aliphatic rings. The van der Waals surface area contributed by atoms with Crippen LogP contribution in [0.1, 0.15) is 56.0 Å². The Morgan fingerprint density at radius 1 is 1.22 bits per heavy atom. The minimum atomic E-state index is 0.420. The van der Waals surface area contributed by atoms with Crippen LogP contribution in [-0.4, -0.2) is 24.5 Å². The molecule has 2 nitrogen and oxygen atoms in total. The maximum absolute atomic E-state index is 6.04. The van der Waals surface area contributed by atoms with Gasteiger partial charge in [0.2, 0.25) is 0 Å². The summed E-state index contributed by atoms with van der Waals surface area (Å²) >= 11 is 1.86. The van der Waals surface area contributed by atoms with E-state index in [1.54, 1.807) is 0 Å². The number of aryl methyl sites for hydroxylation is 1. The summed E-state index contributed by atoms with van der Waals surface area (Å²) in [6.07, 6.45) is 5.04. The van der Waals surface area contributed by atoms with Crippen LogP contribution in [0.4, 0.5) is 0 Å². The Hall–Kier alpha value is -0.380. The van der Waals surface area contributed by atoms with E-state index in [-0.39, 0.29) is 0 Å². The highest BCUT2D eigenvalue weighted by Gasteiger charge is 2.20. The third-order valence-electron chi connectivity index (χ3n) is 3.47. The normalized spacial score (nSPS) is 13.2. The lowest BCUT2D eigenvalue weighted by molar-refractivity contribution is 0.197. The van der Waals surface area contributed by atoms with E-state index >= 15 is 0 Å². The predicted octanol–water partition coefficient (Wildman–Crippen LogP) is 3.96. The highest BCUT2D eigenvalue weighted by atomic mass is 32.1. The molecule has 0 spiro atoms. The molecule has 0 radical (unpaired) electrons. The summed E-state index contributed by atoms with van der Waals surface area (Å²) in [5.74, 6) is 0. The lowest BCUT2D eigenvalue weighted by Crippen LogP contribution is -2.35. The second kappa shape index (κ2) is 8.68. The van der Waals surface area contributed by atoms with Crippen LogP contribution in [0.3, 0.4) is 0 Å². The Labute approximate surface area is 116 Å². The van der Waals surface area contributed by atoms with E-state index in [1.165, 1.54) is 49.2 Å². The van der Waals surface area contributed by atoms with Gasteiger partial charge in [-0.2, -0.15) is 0 Å². The predicted molar refractivity (Wildman–Crippen MR) is 82.2 cm³/mol. The van der Waals surface area contributed by atoms with Crippen molar-refractivity contribution in [3.63, 3.8) is 0 Å². The van der Waals surface area contributed by atoms with Crippen molar-refractivity contribution in [2.24, 2.45) is 5.73 Å². The summed E-state index contributed by atoms with van der Waals surface area (Å²) in [7, 11) is 0. The third-order valence-corrected chi connectivity index (χ3v) is 4.59. The molecular formula is C15H28N2S. The molecule has 0 aliphatic heterocycles. The Morgan fingerprint density at radius 2 is 1.83 bits per heavy atom. The summed E-state index contributed by atoms with van der Waals surface area (Å²) in [5.41, 5.74) is 7.44. The fraction of sp³-hybridized carbons (Fsp3) is 0.733. The minimum Gasteiger partial charge on any atom is -0.329 e. The largest absolute Gasteiger partial charge is 0.329 e. The summed E-state index contributed by atoms with van der Waals surface area (Å²) in [5, 5.41) is 2.19. The van der Waals surface area contributed by atoms with E-state index in [0.717, 1.165) is 6.54 Å². The van der Waals surface area contributed by atoms with Crippen LogP contribution < -0.4 is 5.73 Å². The van der Waals surface area contributed by atoms with E-state index in [2.05, 4.69) is 37.1 Å². The quantitative estimate of drug-likeness (QED) is 0.734. The monoisotopic (exact) mass is 268 g/mol. The lowest BCUT2D eigenvalue weighted by Gasteiger charge is -2.31. The van der Waals surface area contributed by atoms with Crippen molar-refractivity contribution < 1.29 is 0 Å². The van der Waals surface area contributed by atoms with Gasteiger partial charge >= 0.3 is 0 Å². The van der Waals surface area contributed by atoms with Crippen molar-refractivity contribution in [2.75, 3.05) is 19.6 Å². The van der Waals surface area contributed by atoms with Crippen molar-refractivity contribution in [1.82, 2.24) is 4.90 Å². The first kappa shape index (κ1) is 15.7. The highest BCUT2D eigenvalue weighted by molar-refractivity contribution is 7.10. The molecule has 18 heavy (non-hydrogen) atoms. The SMILES string of the molecule is CCCCN(CCCC)C(CN)c1sccc1C. The van der Waals surface area contributed by atoms with Gasteiger partial charge in [0.05, 0.1) is 6.04 Å². The number of hydrogen-bond acceptors (Lipinski definition) is 3. The zero-order valence-electron chi connectivity index (χ0n) is 12.1. The molecule has 0 bridgehead atoms. The number of hydrogen-bond donors (Lipinski definition) is 1. The van der Waals surface area contributed by atoms with Crippen LogP contribution in [0.5, 0.6) is 0 Å². The molecule has 1 aromatic heterocycles. The van der Waals surface area contributed by atoms with Gasteiger partial charge in [-0.05, 0) is 49.9 Å². The molecular weight excluding hydrogens is 240 g/mol. The smallest absolute Gasteiger partial charge is 0.0566 e. The molecule has 0 aliphatic carbocycles. The van der Waals surface area contributed by atoms with Crippen molar-refractivity contribution in [2.45, 2.75) is 52.5 Å². The van der Waals surface area contributed by atoms with Gasteiger partial charge in [-0.25, -0.2) is 0 Å². The lowest BCUT2D eigenvalue weighted by atomic mass is 10.1. The van der Waals surface area contributed by atoms with Gasteiger partial charge in [-0.15, -0.1) is 11.3 Å². The van der Waals surface area contributed by atoms with Gasteiger partial charge in [-0.3, -0.25) is 4.90 Å². The van der Waals surface area contributed by atoms with Crippen LogP contribution >= 0.6 is 11.3 Å². The maximum Gasteiger partial charge on any atom is 0.0566 e. The molecule has 1 unspecified atom stereocenters. The van der Waals surface area contributed by atoms with Gasteiger partial charge in [0.1, 0.15) is 0 Å². The standard InChI is InChI=1S/C15H28N2S/c1-4-6-9-17(10-7-5-2)14(12-16)15-13(3)8-11-18-15/h8,11,14H,4-7,9-10,12,16H2,1-3H3. The van der Waals surface area contributed by atoms with Crippen LogP contribution in [0.25, 0.3) is 0 Å². The average molecular weight is 268 g/mol. The van der Waals surface area contributed by atoms with E-state index in [1.807, 2.05) is 11.3 Å². The summed E-state index contributed by atoms with van der Waals surface area (Å²) in [6.45, 7) is 9.80. The van der Waals surface area contributed by atoms with E-state index < -0.39 is 0 Å². The average Bonchev–Trinajstić information content (AvgIpc) is 2.79. The molecule has 0 amide bonds. The van der Waals surface area contributed by atoms with E-state index in [0.29, 0.717) is 6.04 Å². The van der Waals surface area contributed by atoms with Gasteiger partial charge in [0.15, 0.2) is 0 Å². The van der Waals surface area contributed by atoms with Gasteiger partial charge in [-0.1, -0.05) is 26.7 Å². The summed E-state index contributed by atoms with van der Waals surface area (Å²) in [6, 6.07) is 2.63. The molecule has 0 fully saturated rings. The molecule has 1 atom stereocenters. The first-order chi connectivity index (χ1) is 8.74. The number of rotatable bonds is 9. The molecule has 0 saturated heterocycles. The van der Waals surface area contributed by atoms with Crippen LogP contribution in [0.15, 0.2) is 11.4 Å². The molecule has 1 aromatic rings. The summed E-state index contributed by atoms with van der Waals surface area (Å²) in [4.78, 5) is 4.05. The third kappa shape index (κ3) is 4.38. The fourth-order valence-corrected chi connectivity index (χ4v) is 3.37. The van der Waals surface area contributed by atoms with Crippen molar-refractivity contribution >= 4 is 11.3 Å². The number of thiophene rings is 1. The second-order valence-corrected chi connectivity index (χ2v) is 5.91. The Kier molecular flexibility index (Phi) is 7.56.